The fourth-order valence-corrected chi connectivity index (χ4v) is 3.76. The smallest absolute Gasteiger partial charge is 0.247 e. The molecule has 5 nitrogen and oxygen atoms in total. The van der Waals surface area contributed by atoms with Gasteiger partial charge in [0.05, 0.1) is 19.1 Å². The Kier molecular flexibility index (Phi) is 4.91. The van der Waals surface area contributed by atoms with Crippen LogP contribution in [0.15, 0.2) is 0 Å². The van der Waals surface area contributed by atoms with Crippen LogP contribution in [0.2, 0.25) is 0 Å². The first-order chi connectivity index (χ1) is 10.3. The highest BCUT2D eigenvalue weighted by molar-refractivity contribution is 6.05. The molecule has 0 aromatic heterocycles. The van der Waals surface area contributed by atoms with Gasteiger partial charge >= 0.3 is 0 Å². The zero-order valence-electron chi connectivity index (χ0n) is 12.7. The Morgan fingerprint density at radius 2 is 1.86 bits per heavy atom. The summed E-state index contributed by atoms with van der Waals surface area (Å²) in [4.78, 5) is 26.4. The second kappa shape index (κ2) is 6.88. The molecule has 0 aromatic carbocycles. The number of nitrogens with one attached hydrogen (secondary N) is 1. The maximum atomic E-state index is 12.5. The molecule has 3 fully saturated rings. The Bertz CT molecular complexity index is 385. The molecule has 0 aromatic rings. The van der Waals surface area contributed by atoms with Gasteiger partial charge in [0.25, 0.3) is 0 Å². The van der Waals surface area contributed by atoms with E-state index in [4.69, 9.17) is 4.74 Å². The third-order valence-electron chi connectivity index (χ3n) is 5.05. The van der Waals surface area contributed by atoms with Crippen LogP contribution in [0.25, 0.3) is 0 Å². The second-order valence-corrected chi connectivity index (χ2v) is 6.64. The number of nitrogens with zero attached hydrogens (tertiary/aromatic N) is 1. The van der Waals surface area contributed by atoms with Crippen molar-refractivity contribution in [3.8, 4) is 0 Å². The monoisotopic (exact) mass is 294 g/mol. The third-order valence-corrected chi connectivity index (χ3v) is 5.05. The molecule has 118 valence electrons. The summed E-state index contributed by atoms with van der Waals surface area (Å²) in [6, 6.07) is -0.157. The number of rotatable bonds is 4. The normalized spacial score (nSPS) is 31.9. The minimum atomic E-state index is -0.304. The van der Waals surface area contributed by atoms with Crippen LogP contribution in [0.1, 0.15) is 51.4 Å². The van der Waals surface area contributed by atoms with Crippen molar-refractivity contribution in [3.05, 3.63) is 0 Å². The minimum absolute atomic E-state index is 0.00538. The van der Waals surface area contributed by atoms with Gasteiger partial charge in [-0.15, -0.1) is 0 Å². The molecule has 2 amide bonds. The topological polar surface area (TPSA) is 58.6 Å². The number of likely N-dealkylation sites (tertiary alicyclic amines) is 1. The Morgan fingerprint density at radius 1 is 1.10 bits per heavy atom. The van der Waals surface area contributed by atoms with Gasteiger partial charge in [-0.1, -0.05) is 25.7 Å². The van der Waals surface area contributed by atoms with E-state index >= 15 is 0 Å². The van der Waals surface area contributed by atoms with Crippen molar-refractivity contribution in [2.24, 2.45) is 5.92 Å². The van der Waals surface area contributed by atoms with E-state index in [0.717, 1.165) is 51.9 Å². The SMILES string of the molecule is O=C1CC(NCC2CCOC2)C(=O)N1C1CCCCCC1. The van der Waals surface area contributed by atoms with Crippen molar-refractivity contribution in [1.82, 2.24) is 10.2 Å². The Balaban J connectivity index is 1.55. The molecule has 21 heavy (non-hydrogen) atoms. The molecular formula is C16H26N2O3. The molecule has 0 radical (unpaired) electrons. The van der Waals surface area contributed by atoms with Crippen molar-refractivity contribution in [1.29, 1.82) is 0 Å². The maximum Gasteiger partial charge on any atom is 0.247 e. The molecule has 5 heteroatoms. The number of hydrogen-bond acceptors (Lipinski definition) is 4. The molecule has 2 heterocycles. The van der Waals surface area contributed by atoms with Gasteiger partial charge in [0.2, 0.25) is 11.8 Å². The summed E-state index contributed by atoms with van der Waals surface area (Å²) < 4.78 is 5.35. The Hall–Kier alpha value is -0.940. The summed E-state index contributed by atoms with van der Waals surface area (Å²) in [5, 5.41) is 3.30. The van der Waals surface area contributed by atoms with Gasteiger partial charge in [-0.05, 0) is 25.2 Å². The lowest BCUT2D eigenvalue weighted by Crippen LogP contribution is -2.44. The zero-order chi connectivity index (χ0) is 14.7. The van der Waals surface area contributed by atoms with Crippen LogP contribution in [0.4, 0.5) is 0 Å². The average molecular weight is 294 g/mol. The van der Waals surface area contributed by atoms with Crippen LogP contribution < -0.4 is 5.32 Å². The van der Waals surface area contributed by atoms with Crippen LogP contribution in [0.3, 0.4) is 0 Å². The number of carbonyl (C=O) groups excluding carboxylic acids is 2. The Morgan fingerprint density at radius 3 is 2.52 bits per heavy atom. The van der Waals surface area contributed by atoms with Crippen molar-refractivity contribution in [3.63, 3.8) is 0 Å². The summed E-state index contributed by atoms with van der Waals surface area (Å²) >= 11 is 0. The second-order valence-electron chi connectivity index (χ2n) is 6.64. The largest absolute Gasteiger partial charge is 0.381 e. The number of amides is 2. The molecule has 1 N–H and O–H groups in total. The number of imide groups is 1. The van der Waals surface area contributed by atoms with Gasteiger partial charge in [0.1, 0.15) is 0 Å². The fraction of sp³-hybridized carbons (Fsp3) is 0.875. The molecule has 1 saturated carbocycles. The summed E-state index contributed by atoms with van der Waals surface area (Å²) in [7, 11) is 0. The van der Waals surface area contributed by atoms with E-state index in [1.807, 2.05) is 0 Å². The molecule has 0 bridgehead atoms. The fourth-order valence-electron chi connectivity index (χ4n) is 3.76. The average Bonchev–Trinajstić information content (AvgIpc) is 2.98. The Labute approximate surface area is 126 Å². The predicted octanol–water partition coefficient (Wildman–Crippen LogP) is 1.46. The van der Waals surface area contributed by atoms with E-state index in [9.17, 15) is 9.59 Å². The highest BCUT2D eigenvalue weighted by Gasteiger charge is 2.42. The van der Waals surface area contributed by atoms with Crippen LogP contribution in [0.5, 0.6) is 0 Å². The lowest BCUT2D eigenvalue weighted by Gasteiger charge is -2.25. The summed E-state index contributed by atoms with van der Waals surface area (Å²) in [5.74, 6) is 0.512. The van der Waals surface area contributed by atoms with E-state index < -0.39 is 0 Å². The highest BCUT2D eigenvalue weighted by Crippen LogP contribution is 2.26. The van der Waals surface area contributed by atoms with Crippen LogP contribution >= 0.6 is 0 Å². The van der Waals surface area contributed by atoms with Crippen LogP contribution in [0, 0.1) is 5.92 Å². The van der Waals surface area contributed by atoms with Crippen LogP contribution in [-0.4, -0.2) is 48.6 Å². The van der Waals surface area contributed by atoms with Crippen molar-refractivity contribution < 1.29 is 14.3 Å². The van der Waals surface area contributed by atoms with Gasteiger partial charge in [0.15, 0.2) is 0 Å². The lowest BCUT2D eigenvalue weighted by molar-refractivity contribution is -0.141. The van der Waals surface area contributed by atoms with E-state index in [0.29, 0.717) is 12.3 Å². The summed E-state index contributed by atoms with van der Waals surface area (Å²) in [6.07, 6.45) is 8.10. The first-order valence-electron chi connectivity index (χ1n) is 8.42. The van der Waals surface area contributed by atoms with E-state index in [1.165, 1.54) is 12.8 Å². The van der Waals surface area contributed by atoms with Crippen molar-refractivity contribution >= 4 is 11.8 Å². The minimum Gasteiger partial charge on any atom is -0.381 e. The molecule has 2 unspecified atom stereocenters. The molecule has 3 rings (SSSR count). The molecule has 2 atom stereocenters. The predicted molar refractivity (Wildman–Crippen MR) is 78.7 cm³/mol. The van der Waals surface area contributed by atoms with Gasteiger partial charge in [-0.25, -0.2) is 0 Å². The molecule has 1 aliphatic carbocycles. The van der Waals surface area contributed by atoms with Gasteiger partial charge in [0, 0.05) is 19.2 Å². The van der Waals surface area contributed by atoms with Crippen LogP contribution in [-0.2, 0) is 14.3 Å². The van der Waals surface area contributed by atoms with Crippen molar-refractivity contribution in [2.75, 3.05) is 19.8 Å². The van der Waals surface area contributed by atoms with E-state index in [-0.39, 0.29) is 23.9 Å². The summed E-state index contributed by atoms with van der Waals surface area (Å²) in [6.45, 7) is 2.37. The quantitative estimate of drug-likeness (QED) is 0.630. The first kappa shape index (κ1) is 15.0. The molecule has 2 saturated heterocycles. The highest BCUT2D eigenvalue weighted by atomic mass is 16.5. The van der Waals surface area contributed by atoms with Crippen molar-refractivity contribution in [2.45, 2.75) is 63.5 Å². The third kappa shape index (κ3) is 3.46. The standard InChI is InChI=1S/C16H26N2O3/c19-15-9-14(17-10-12-7-8-21-11-12)16(20)18(15)13-5-3-1-2-4-6-13/h12-14,17H,1-11H2. The maximum absolute atomic E-state index is 12.5. The first-order valence-corrected chi connectivity index (χ1v) is 8.42. The molecule has 2 aliphatic heterocycles. The molecular weight excluding hydrogens is 268 g/mol. The van der Waals surface area contributed by atoms with Gasteiger partial charge in [-0.2, -0.15) is 0 Å². The zero-order valence-corrected chi connectivity index (χ0v) is 12.7. The number of hydrogen-bond donors (Lipinski definition) is 1. The van der Waals surface area contributed by atoms with E-state index in [2.05, 4.69) is 5.32 Å². The summed E-state index contributed by atoms with van der Waals surface area (Å²) in [5.41, 5.74) is 0. The van der Waals surface area contributed by atoms with Gasteiger partial charge < -0.3 is 10.1 Å². The van der Waals surface area contributed by atoms with Gasteiger partial charge in [-0.3, -0.25) is 14.5 Å². The lowest BCUT2D eigenvalue weighted by atomic mass is 10.1. The molecule has 0 spiro atoms. The molecule has 3 aliphatic rings. The van der Waals surface area contributed by atoms with E-state index in [1.54, 1.807) is 4.90 Å². The number of ether oxygens (including phenoxy) is 1. The number of carbonyl (C=O) groups is 2.